The SMILES string of the molecule is CC(C)Oc1cncc(C(NN)c2cccc(Cl)c2F)c1. The Kier molecular flexibility index (Phi) is 5.12. The molecule has 1 atom stereocenters. The fraction of sp³-hybridized carbons (Fsp3) is 0.267. The molecule has 0 saturated carbocycles. The summed E-state index contributed by atoms with van der Waals surface area (Å²) >= 11 is 5.82. The second-order valence-corrected chi connectivity index (χ2v) is 5.27. The molecule has 0 fully saturated rings. The van der Waals surface area contributed by atoms with Crippen LogP contribution in [0.3, 0.4) is 0 Å². The summed E-state index contributed by atoms with van der Waals surface area (Å²) in [5.41, 5.74) is 3.64. The molecule has 0 aliphatic heterocycles. The summed E-state index contributed by atoms with van der Waals surface area (Å²) in [5, 5.41) is 0.0512. The molecule has 6 heteroatoms. The van der Waals surface area contributed by atoms with Crippen molar-refractivity contribution in [1.29, 1.82) is 0 Å². The predicted molar refractivity (Wildman–Crippen MR) is 80.6 cm³/mol. The summed E-state index contributed by atoms with van der Waals surface area (Å²) in [4.78, 5) is 4.11. The van der Waals surface area contributed by atoms with Crippen molar-refractivity contribution in [3.8, 4) is 5.75 Å². The molecule has 0 saturated heterocycles. The van der Waals surface area contributed by atoms with Crippen LogP contribution in [0.1, 0.15) is 31.0 Å². The molecule has 0 aliphatic carbocycles. The van der Waals surface area contributed by atoms with Crippen LogP contribution >= 0.6 is 11.6 Å². The van der Waals surface area contributed by atoms with E-state index in [2.05, 4.69) is 10.4 Å². The average molecular weight is 310 g/mol. The van der Waals surface area contributed by atoms with Gasteiger partial charge in [-0.05, 0) is 31.5 Å². The van der Waals surface area contributed by atoms with Crippen molar-refractivity contribution < 1.29 is 9.13 Å². The first-order chi connectivity index (χ1) is 10.0. The number of nitrogens with one attached hydrogen (secondary N) is 1. The number of benzene rings is 1. The van der Waals surface area contributed by atoms with Crippen LogP contribution in [0.15, 0.2) is 36.7 Å². The Morgan fingerprint density at radius 3 is 2.76 bits per heavy atom. The van der Waals surface area contributed by atoms with E-state index >= 15 is 0 Å². The molecular weight excluding hydrogens is 293 g/mol. The van der Waals surface area contributed by atoms with Gasteiger partial charge in [0.05, 0.1) is 23.4 Å². The van der Waals surface area contributed by atoms with E-state index < -0.39 is 11.9 Å². The average Bonchev–Trinajstić information content (AvgIpc) is 2.44. The van der Waals surface area contributed by atoms with Gasteiger partial charge in [0.15, 0.2) is 0 Å². The van der Waals surface area contributed by atoms with Gasteiger partial charge in [-0.25, -0.2) is 9.82 Å². The Hall–Kier alpha value is -1.69. The van der Waals surface area contributed by atoms with Crippen molar-refractivity contribution in [3.63, 3.8) is 0 Å². The maximum atomic E-state index is 14.2. The molecular formula is C15H17ClFN3O. The quantitative estimate of drug-likeness (QED) is 0.657. The van der Waals surface area contributed by atoms with Gasteiger partial charge in [-0.3, -0.25) is 10.8 Å². The Morgan fingerprint density at radius 1 is 1.33 bits per heavy atom. The minimum atomic E-state index is -0.563. The molecule has 2 aromatic rings. The summed E-state index contributed by atoms with van der Waals surface area (Å²) in [6.07, 6.45) is 3.23. The lowest BCUT2D eigenvalue weighted by Gasteiger charge is -2.19. The van der Waals surface area contributed by atoms with Gasteiger partial charge >= 0.3 is 0 Å². The zero-order valence-electron chi connectivity index (χ0n) is 11.8. The minimum Gasteiger partial charge on any atom is -0.489 e. The molecule has 2 rings (SSSR count). The zero-order chi connectivity index (χ0) is 15.4. The van der Waals surface area contributed by atoms with Crippen LogP contribution in [0.5, 0.6) is 5.75 Å². The molecule has 0 aliphatic rings. The number of pyridine rings is 1. The highest BCUT2D eigenvalue weighted by Gasteiger charge is 2.19. The standard InChI is InChI=1S/C15H17ClFN3O/c1-9(2)21-11-6-10(7-19-8-11)15(20-18)12-4-3-5-13(16)14(12)17/h3-9,15,20H,18H2,1-2H3. The van der Waals surface area contributed by atoms with Gasteiger partial charge in [-0.1, -0.05) is 23.7 Å². The van der Waals surface area contributed by atoms with Crippen LogP contribution in [0.2, 0.25) is 5.02 Å². The molecule has 0 bridgehead atoms. The molecule has 0 spiro atoms. The third kappa shape index (κ3) is 3.69. The lowest BCUT2D eigenvalue weighted by molar-refractivity contribution is 0.241. The lowest BCUT2D eigenvalue weighted by Crippen LogP contribution is -2.29. The van der Waals surface area contributed by atoms with E-state index in [4.69, 9.17) is 22.2 Å². The van der Waals surface area contributed by atoms with Crippen LogP contribution in [0.4, 0.5) is 4.39 Å². The van der Waals surface area contributed by atoms with E-state index in [1.165, 1.54) is 6.07 Å². The van der Waals surface area contributed by atoms with Gasteiger partial charge in [-0.15, -0.1) is 0 Å². The number of hydrogen-bond acceptors (Lipinski definition) is 4. The Balaban J connectivity index is 2.39. The molecule has 4 nitrogen and oxygen atoms in total. The van der Waals surface area contributed by atoms with Gasteiger partial charge in [0, 0.05) is 11.8 Å². The normalized spacial score (nSPS) is 12.5. The summed E-state index contributed by atoms with van der Waals surface area (Å²) in [7, 11) is 0. The Bertz CT molecular complexity index is 622. The number of hydrazine groups is 1. The van der Waals surface area contributed by atoms with E-state index in [-0.39, 0.29) is 11.1 Å². The molecule has 21 heavy (non-hydrogen) atoms. The van der Waals surface area contributed by atoms with Crippen LogP contribution in [-0.4, -0.2) is 11.1 Å². The monoisotopic (exact) mass is 309 g/mol. The Morgan fingerprint density at radius 2 is 2.10 bits per heavy atom. The first-order valence-corrected chi connectivity index (χ1v) is 6.92. The second-order valence-electron chi connectivity index (χ2n) is 4.86. The molecule has 0 amide bonds. The van der Waals surface area contributed by atoms with E-state index in [9.17, 15) is 4.39 Å². The third-order valence-corrected chi connectivity index (χ3v) is 3.19. The van der Waals surface area contributed by atoms with Gasteiger partial charge in [0.25, 0.3) is 0 Å². The summed E-state index contributed by atoms with van der Waals surface area (Å²) in [6.45, 7) is 3.84. The second kappa shape index (κ2) is 6.85. The first kappa shape index (κ1) is 15.7. The van der Waals surface area contributed by atoms with Gasteiger partial charge in [0.1, 0.15) is 11.6 Å². The van der Waals surface area contributed by atoms with E-state index in [0.29, 0.717) is 16.9 Å². The van der Waals surface area contributed by atoms with Crippen LogP contribution in [0.25, 0.3) is 0 Å². The number of halogens is 2. The maximum absolute atomic E-state index is 14.2. The summed E-state index contributed by atoms with van der Waals surface area (Å²) in [5.74, 6) is 5.68. The van der Waals surface area contributed by atoms with Crippen molar-refractivity contribution in [2.45, 2.75) is 26.0 Å². The summed E-state index contributed by atoms with van der Waals surface area (Å²) < 4.78 is 19.7. The number of hydrogen-bond donors (Lipinski definition) is 2. The molecule has 1 aromatic carbocycles. The van der Waals surface area contributed by atoms with E-state index in [0.717, 1.165) is 0 Å². The molecule has 1 aromatic heterocycles. The van der Waals surface area contributed by atoms with Crippen molar-refractivity contribution in [1.82, 2.24) is 10.4 Å². The fourth-order valence-electron chi connectivity index (χ4n) is 2.04. The van der Waals surface area contributed by atoms with Gasteiger partial charge in [0.2, 0.25) is 0 Å². The van der Waals surface area contributed by atoms with Crippen molar-refractivity contribution in [2.24, 2.45) is 5.84 Å². The molecule has 1 heterocycles. The minimum absolute atomic E-state index is 0.0224. The molecule has 3 N–H and O–H groups in total. The summed E-state index contributed by atoms with van der Waals surface area (Å²) in [6, 6.07) is 6.00. The van der Waals surface area contributed by atoms with Crippen molar-refractivity contribution >= 4 is 11.6 Å². The number of aromatic nitrogens is 1. The smallest absolute Gasteiger partial charge is 0.146 e. The number of nitrogens with two attached hydrogens (primary N) is 1. The first-order valence-electron chi connectivity index (χ1n) is 6.54. The molecule has 1 unspecified atom stereocenters. The number of nitrogens with zero attached hydrogens (tertiary/aromatic N) is 1. The fourth-order valence-corrected chi connectivity index (χ4v) is 2.22. The van der Waals surface area contributed by atoms with E-state index in [1.54, 1.807) is 30.6 Å². The Labute approximate surface area is 128 Å². The van der Waals surface area contributed by atoms with Crippen LogP contribution < -0.4 is 16.0 Å². The molecule has 112 valence electrons. The maximum Gasteiger partial charge on any atom is 0.146 e. The lowest BCUT2D eigenvalue weighted by atomic mass is 10.00. The van der Waals surface area contributed by atoms with Crippen LogP contribution in [0, 0.1) is 5.82 Å². The van der Waals surface area contributed by atoms with Gasteiger partial charge in [-0.2, -0.15) is 0 Å². The van der Waals surface area contributed by atoms with Crippen molar-refractivity contribution in [2.75, 3.05) is 0 Å². The van der Waals surface area contributed by atoms with Gasteiger partial charge < -0.3 is 4.74 Å². The zero-order valence-corrected chi connectivity index (χ0v) is 12.6. The topological polar surface area (TPSA) is 60.2 Å². The number of ether oxygens (including phenoxy) is 1. The number of rotatable bonds is 5. The van der Waals surface area contributed by atoms with E-state index in [1.807, 2.05) is 13.8 Å². The highest BCUT2D eigenvalue weighted by Crippen LogP contribution is 2.28. The highest BCUT2D eigenvalue weighted by molar-refractivity contribution is 6.30. The van der Waals surface area contributed by atoms with Crippen LogP contribution in [-0.2, 0) is 0 Å². The van der Waals surface area contributed by atoms with Crippen molar-refractivity contribution in [3.05, 3.63) is 58.6 Å². The highest BCUT2D eigenvalue weighted by atomic mass is 35.5. The predicted octanol–water partition coefficient (Wildman–Crippen LogP) is 3.21. The largest absolute Gasteiger partial charge is 0.489 e. The third-order valence-electron chi connectivity index (χ3n) is 2.90. The molecule has 0 radical (unpaired) electrons.